The topological polar surface area (TPSA) is 30.0 Å². The van der Waals surface area contributed by atoms with Crippen molar-refractivity contribution in [3.05, 3.63) is 42.1 Å². The van der Waals surface area contributed by atoms with Crippen molar-refractivity contribution >= 4 is 16.7 Å². The summed E-state index contributed by atoms with van der Waals surface area (Å²) in [6, 6.07) is 10.3. The van der Waals surface area contributed by atoms with Gasteiger partial charge in [-0.3, -0.25) is 9.78 Å². The average molecular weight is 225 g/mol. The third kappa shape index (κ3) is 2.07. The number of rotatable bonds is 1. The molecule has 0 aliphatic heterocycles. The number of aromatic nitrogens is 1. The number of Topliss-reactive ketones (excluding diaryl/α,β-unsaturated/α-hetero) is 1. The van der Waals surface area contributed by atoms with Crippen LogP contribution in [0.1, 0.15) is 37.2 Å². The van der Waals surface area contributed by atoms with Gasteiger partial charge in [0.15, 0.2) is 0 Å². The van der Waals surface area contributed by atoms with Crippen molar-refractivity contribution in [1.29, 1.82) is 0 Å². The van der Waals surface area contributed by atoms with Crippen LogP contribution in [0.4, 0.5) is 0 Å². The van der Waals surface area contributed by atoms with Crippen LogP contribution >= 0.6 is 0 Å². The van der Waals surface area contributed by atoms with Crippen molar-refractivity contribution < 1.29 is 4.79 Å². The number of hydrogen-bond donors (Lipinski definition) is 0. The highest BCUT2D eigenvalue weighted by Crippen LogP contribution is 2.31. The second-order valence-electron chi connectivity index (χ2n) is 4.79. The van der Waals surface area contributed by atoms with Gasteiger partial charge in [-0.05, 0) is 36.5 Å². The SMILES string of the molecule is O=C1CCCC(c2cnc3ccccc3c2)C1. The normalized spacial score (nSPS) is 20.7. The molecule has 0 N–H and O–H groups in total. The summed E-state index contributed by atoms with van der Waals surface area (Å²) in [6.07, 6.45) is 5.53. The van der Waals surface area contributed by atoms with Crippen LogP contribution < -0.4 is 0 Å². The van der Waals surface area contributed by atoms with Crippen molar-refractivity contribution in [1.82, 2.24) is 4.98 Å². The second kappa shape index (κ2) is 4.28. The van der Waals surface area contributed by atoms with E-state index in [0.717, 1.165) is 24.8 Å². The smallest absolute Gasteiger partial charge is 0.133 e. The molecule has 1 aromatic carbocycles. The molecule has 2 nitrogen and oxygen atoms in total. The Morgan fingerprint density at radius 2 is 2.12 bits per heavy atom. The molecule has 0 bridgehead atoms. The Labute approximate surface area is 101 Å². The number of ketones is 1. The lowest BCUT2D eigenvalue weighted by molar-refractivity contribution is -0.120. The van der Waals surface area contributed by atoms with Gasteiger partial charge in [0, 0.05) is 24.4 Å². The molecular weight excluding hydrogens is 210 g/mol. The zero-order valence-electron chi connectivity index (χ0n) is 9.73. The predicted molar refractivity (Wildman–Crippen MR) is 68.0 cm³/mol. The van der Waals surface area contributed by atoms with Crippen molar-refractivity contribution in [2.24, 2.45) is 0 Å². The lowest BCUT2D eigenvalue weighted by atomic mass is 9.84. The van der Waals surface area contributed by atoms with E-state index in [1.807, 2.05) is 24.4 Å². The highest BCUT2D eigenvalue weighted by Gasteiger charge is 2.21. The van der Waals surface area contributed by atoms with E-state index in [-0.39, 0.29) is 0 Å². The Kier molecular flexibility index (Phi) is 2.63. The van der Waals surface area contributed by atoms with Crippen LogP contribution in [0.15, 0.2) is 36.5 Å². The van der Waals surface area contributed by atoms with Gasteiger partial charge >= 0.3 is 0 Å². The Balaban J connectivity index is 1.97. The number of para-hydroxylation sites is 1. The van der Waals surface area contributed by atoms with Gasteiger partial charge in [-0.2, -0.15) is 0 Å². The average Bonchev–Trinajstić information content (AvgIpc) is 2.38. The number of carbonyl (C=O) groups is 1. The van der Waals surface area contributed by atoms with Crippen LogP contribution in [0, 0.1) is 0 Å². The summed E-state index contributed by atoms with van der Waals surface area (Å²) in [4.78, 5) is 16.0. The van der Waals surface area contributed by atoms with E-state index >= 15 is 0 Å². The predicted octanol–water partition coefficient (Wildman–Crippen LogP) is 3.46. The Morgan fingerprint density at radius 1 is 1.24 bits per heavy atom. The van der Waals surface area contributed by atoms with Gasteiger partial charge in [-0.15, -0.1) is 0 Å². The maximum Gasteiger partial charge on any atom is 0.133 e. The molecule has 1 atom stereocenters. The van der Waals surface area contributed by atoms with E-state index in [9.17, 15) is 4.79 Å². The molecule has 17 heavy (non-hydrogen) atoms. The first-order valence-corrected chi connectivity index (χ1v) is 6.19. The standard InChI is InChI=1S/C15H15NO/c17-14-6-3-5-11(9-14)13-8-12-4-1-2-7-15(12)16-10-13/h1-2,4,7-8,10-11H,3,5-6,9H2. The van der Waals surface area contributed by atoms with Crippen molar-refractivity contribution in [2.75, 3.05) is 0 Å². The van der Waals surface area contributed by atoms with Crippen LogP contribution in [-0.4, -0.2) is 10.8 Å². The quantitative estimate of drug-likeness (QED) is 0.744. The lowest BCUT2D eigenvalue weighted by Crippen LogP contribution is -2.13. The van der Waals surface area contributed by atoms with Crippen molar-refractivity contribution in [3.63, 3.8) is 0 Å². The number of benzene rings is 1. The monoisotopic (exact) mass is 225 g/mol. The highest BCUT2D eigenvalue weighted by atomic mass is 16.1. The summed E-state index contributed by atoms with van der Waals surface area (Å²) in [5.74, 6) is 0.780. The molecule has 1 heterocycles. The number of hydrogen-bond acceptors (Lipinski definition) is 2. The van der Waals surface area contributed by atoms with Gasteiger partial charge < -0.3 is 0 Å². The zero-order valence-corrected chi connectivity index (χ0v) is 9.73. The first-order chi connectivity index (χ1) is 8.33. The molecule has 0 amide bonds. The summed E-state index contributed by atoms with van der Waals surface area (Å²) in [5, 5.41) is 1.17. The van der Waals surface area contributed by atoms with E-state index in [2.05, 4.69) is 17.1 Å². The fraction of sp³-hybridized carbons (Fsp3) is 0.333. The van der Waals surface area contributed by atoms with Crippen molar-refractivity contribution in [2.45, 2.75) is 31.6 Å². The molecule has 1 aromatic heterocycles. The number of fused-ring (bicyclic) bond motifs is 1. The third-order valence-electron chi connectivity index (χ3n) is 3.57. The molecule has 1 saturated carbocycles. The molecule has 0 spiro atoms. The number of nitrogens with zero attached hydrogens (tertiary/aromatic N) is 1. The molecule has 0 saturated heterocycles. The summed E-state index contributed by atoms with van der Waals surface area (Å²) in [7, 11) is 0. The zero-order chi connectivity index (χ0) is 11.7. The Hall–Kier alpha value is -1.70. The summed E-state index contributed by atoms with van der Waals surface area (Å²) >= 11 is 0. The fourth-order valence-corrected chi connectivity index (χ4v) is 2.62. The molecule has 86 valence electrons. The Morgan fingerprint density at radius 3 is 3.00 bits per heavy atom. The minimum Gasteiger partial charge on any atom is -0.300 e. The van der Waals surface area contributed by atoms with Crippen LogP contribution in [-0.2, 0) is 4.79 Å². The van der Waals surface area contributed by atoms with Gasteiger partial charge in [0.25, 0.3) is 0 Å². The molecule has 1 aliphatic carbocycles. The maximum absolute atomic E-state index is 11.5. The molecule has 1 aliphatic rings. The summed E-state index contributed by atoms with van der Waals surface area (Å²) in [5.41, 5.74) is 2.25. The number of pyridine rings is 1. The number of carbonyl (C=O) groups excluding carboxylic acids is 1. The van der Waals surface area contributed by atoms with E-state index in [4.69, 9.17) is 0 Å². The minimum atomic E-state index is 0.383. The van der Waals surface area contributed by atoms with Gasteiger partial charge in [0.05, 0.1) is 5.52 Å². The summed E-state index contributed by atoms with van der Waals surface area (Å²) < 4.78 is 0. The van der Waals surface area contributed by atoms with Crippen LogP contribution in [0.2, 0.25) is 0 Å². The minimum absolute atomic E-state index is 0.383. The molecule has 1 fully saturated rings. The van der Waals surface area contributed by atoms with Gasteiger partial charge in [-0.1, -0.05) is 18.2 Å². The van der Waals surface area contributed by atoms with Crippen LogP contribution in [0.5, 0.6) is 0 Å². The van der Waals surface area contributed by atoms with E-state index in [1.165, 1.54) is 10.9 Å². The van der Waals surface area contributed by atoms with Crippen LogP contribution in [0.3, 0.4) is 0 Å². The van der Waals surface area contributed by atoms with Crippen molar-refractivity contribution in [3.8, 4) is 0 Å². The summed E-state index contributed by atoms with van der Waals surface area (Å²) in [6.45, 7) is 0. The van der Waals surface area contributed by atoms with E-state index in [0.29, 0.717) is 18.1 Å². The van der Waals surface area contributed by atoms with Gasteiger partial charge in [0.1, 0.15) is 5.78 Å². The highest BCUT2D eigenvalue weighted by molar-refractivity contribution is 5.81. The molecule has 2 aromatic rings. The van der Waals surface area contributed by atoms with Gasteiger partial charge in [0.2, 0.25) is 0 Å². The lowest BCUT2D eigenvalue weighted by Gasteiger charge is -2.21. The third-order valence-corrected chi connectivity index (χ3v) is 3.57. The van der Waals surface area contributed by atoms with E-state index < -0.39 is 0 Å². The largest absolute Gasteiger partial charge is 0.300 e. The van der Waals surface area contributed by atoms with Crippen LogP contribution in [0.25, 0.3) is 10.9 Å². The molecule has 2 heteroatoms. The second-order valence-corrected chi connectivity index (χ2v) is 4.79. The first kappa shape index (κ1) is 10.5. The maximum atomic E-state index is 11.5. The molecule has 0 radical (unpaired) electrons. The van der Waals surface area contributed by atoms with Gasteiger partial charge in [-0.25, -0.2) is 0 Å². The molecular formula is C15H15NO. The fourth-order valence-electron chi connectivity index (χ4n) is 2.62. The first-order valence-electron chi connectivity index (χ1n) is 6.19. The molecule has 3 rings (SSSR count). The van der Waals surface area contributed by atoms with E-state index in [1.54, 1.807) is 0 Å². The Bertz CT molecular complexity index is 562. The molecule has 1 unspecified atom stereocenters.